The Hall–Kier alpha value is -1.30. The van der Waals surface area contributed by atoms with E-state index in [-0.39, 0.29) is 5.92 Å². The van der Waals surface area contributed by atoms with Gasteiger partial charge in [-0.1, -0.05) is 0 Å². The Bertz CT molecular complexity index is 315. The standard InChI is InChI=1S/C13H23NO5/c1-13(2,3)19-12(17)14-10(11(15)16)9-5-4-7-18-8-6-9/h9-10H,4-8H2,1-3H3,(H,14,17)(H,15,16)/t9-,10-/m1/s1. The maximum Gasteiger partial charge on any atom is 0.408 e. The van der Waals surface area contributed by atoms with Crippen LogP contribution < -0.4 is 5.32 Å². The monoisotopic (exact) mass is 273 g/mol. The van der Waals surface area contributed by atoms with Crippen molar-refractivity contribution in [1.82, 2.24) is 5.32 Å². The molecule has 1 aliphatic rings. The van der Waals surface area contributed by atoms with Gasteiger partial charge < -0.3 is 19.9 Å². The molecule has 110 valence electrons. The van der Waals surface area contributed by atoms with Gasteiger partial charge in [0.05, 0.1) is 0 Å². The summed E-state index contributed by atoms with van der Waals surface area (Å²) < 4.78 is 10.4. The van der Waals surface area contributed by atoms with Crippen LogP contribution in [-0.2, 0) is 14.3 Å². The molecule has 1 aliphatic heterocycles. The van der Waals surface area contributed by atoms with E-state index in [9.17, 15) is 14.7 Å². The van der Waals surface area contributed by atoms with E-state index >= 15 is 0 Å². The van der Waals surface area contributed by atoms with Gasteiger partial charge in [0.15, 0.2) is 0 Å². The number of ether oxygens (including phenoxy) is 2. The summed E-state index contributed by atoms with van der Waals surface area (Å²) in [6.45, 7) is 6.39. The average Bonchev–Trinajstić information content (AvgIpc) is 2.51. The van der Waals surface area contributed by atoms with Gasteiger partial charge in [0.1, 0.15) is 11.6 Å². The lowest BCUT2D eigenvalue weighted by molar-refractivity contribution is -0.141. The van der Waals surface area contributed by atoms with Crippen molar-refractivity contribution in [2.45, 2.75) is 51.7 Å². The maximum absolute atomic E-state index is 11.7. The Morgan fingerprint density at radius 1 is 1.32 bits per heavy atom. The van der Waals surface area contributed by atoms with Gasteiger partial charge in [-0.15, -0.1) is 0 Å². The van der Waals surface area contributed by atoms with E-state index in [2.05, 4.69) is 5.32 Å². The third kappa shape index (κ3) is 5.92. The maximum atomic E-state index is 11.7. The molecule has 0 radical (unpaired) electrons. The van der Waals surface area contributed by atoms with Crippen LogP contribution in [-0.4, -0.2) is 42.0 Å². The van der Waals surface area contributed by atoms with Crippen molar-refractivity contribution in [3.05, 3.63) is 0 Å². The molecule has 19 heavy (non-hydrogen) atoms. The van der Waals surface area contributed by atoms with Gasteiger partial charge in [-0.2, -0.15) is 0 Å². The van der Waals surface area contributed by atoms with E-state index in [4.69, 9.17) is 9.47 Å². The van der Waals surface area contributed by atoms with Crippen molar-refractivity contribution in [3.63, 3.8) is 0 Å². The summed E-state index contributed by atoms with van der Waals surface area (Å²) in [5.74, 6) is -1.15. The van der Waals surface area contributed by atoms with Crippen LogP contribution in [0.1, 0.15) is 40.0 Å². The molecule has 1 saturated heterocycles. The lowest BCUT2D eigenvalue weighted by atomic mass is 9.92. The molecule has 1 fully saturated rings. The predicted molar refractivity (Wildman–Crippen MR) is 69.0 cm³/mol. The first kappa shape index (κ1) is 15.8. The summed E-state index contributed by atoms with van der Waals surface area (Å²) in [5, 5.41) is 11.7. The van der Waals surface area contributed by atoms with Crippen molar-refractivity contribution in [3.8, 4) is 0 Å². The fourth-order valence-electron chi connectivity index (χ4n) is 2.08. The number of alkyl carbamates (subject to hydrolysis) is 1. The van der Waals surface area contributed by atoms with E-state index < -0.39 is 23.7 Å². The molecule has 0 bridgehead atoms. The molecule has 0 saturated carbocycles. The van der Waals surface area contributed by atoms with Gasteiger partial charge in [-0.25, -0.2) is 9.59 Å². The molecule has 0 aromatic rings. The van der Waals surface area contributed by atoms with E-state index in [1.165, 1.54) is 0 Å². The SMILES string of the molecule is CC(C)(C)OC(=O)N[C@@H](C(=O)O)[C@@H]1CCCOCC1. The summed E-state index contributed by atoms with van der Waals surface area (Å²) in [4.78, 5) is 23.0. The molecule has 0 unspecified atom stereocenters. The zero-order valence-electron chi connectivity index (χ0n) is 11.8. The zero-order chi connectivity index (χ0) is 14.5. The van der Waals surface area contributed by atoms with E-state index in [0.29, 0.717) is 19.6 Å². The highest BCUT2D eigenvalue weighted by Crippen LogP contribution is 2.20. The first-order chi connectivity index (χ1) is 8.79. The van der Waals surface area contributed by atoms with Crippen molar-refractivity contribution in [2.75, 3.05) is 13.2 Å². The topological polar surface area (TPSA) is 84.9 Å². The molecule has 6 nitrogen and oxygen atoms in total. The van der Waals surface area contributed by atoms with Crippen LogP contribution in [0.4, 0.5) is 4.79 Å². The lowest BCUT2D eigenvalue weighted by Crippen LogP contribution is -2.47. The normalized spacial score (nSPS) is 22.2. The molecule has 0 aromatic heterocycles. The van der Waals surface area contributed by atoms with Gasteiger partial charge in [-0.3, -0.25) is 0 Å². The highest BCUT2D eigenvalue weighted by atomic mass is 16.6. The van der Waals surface area contributed by atoms with Crippen LogP contribution in [0.5, 0.6) is 0 Å². The van der Waals surface area contributed by atoms with Crippen LogP contribution in [0.25, 0.3) is 0 Å². The highest BCUT2D eigenvalue weighted by Gasteiger charge is 2.31. The number of carboxylic acid groups (broad SMARTS) is 1. The lowest BCUT2D eigenvalue weighted by Gasteiger charge is -2.25. The molecule has 1 amide bonds. The second-order valence-electron chi connectivity index (χ2n) is 5.77. The number of nitrogens with one attached hydrogen (secondary N) is 1. The smallest absolute Gasteiger partial charge is 0.408 e. The van der Waals surface area contributed by atoms with E-state index in [1.807, 2.05) is 0 Å². The Morgan fingerprint density at radius 2 is 2.00 bits per heavy atom. The Kier molecular flexibility index (Phi) is 5.60. The van der Waals surface area contributed by atoms with Gasteiger partial charge >= 0.3 is 12.1 Å². The van der Waals surface area contributed by atoms with Crippen molar-refractivity contribution in [1.29, 1.82) is 0 Å². The number of carbonyl (C=O) groups is 2. The molecule has 1 heterocycles. The van der Waals surface area contributed by atoms with Gasteiger partial charge in [0.25, 0.3) is 0 Å². The van der Waals surface area contributed by atoms with Crippen LogP contribution in [0.15, 0.2) is 0 Å². The van der Waals surface area contributed by atoms with Crippen molar-refractivity contribution >= 4 is 12.1 Å². The van der Waals surface area contributed by atoms with E-state index in [1.54, 1.807) is 20.8 Å². The fraction of sp³-hybridized carbons (Fsp3) is 0.846. The number of hydrogen-bond donors (Lipinski definition) is 2. The summed E-state index contributed by atoms with van der Waals surface area (Å²) in [7, 11) is 0. The quantitative estimate of drug-likeness (QED) is 0.818. The third-order valence-electron chi connectivity index (χ3n) is 2.91. The average molecular weight is 273 g/mol. The van der Waals surface area contributed by atoms with E-state index in [0.717, 1.165) is 12.8 Å². The van der Waals surface area contributed by atoms with Crippen LogP contribution in [0.2, 0.25) is 0 Å². The van der Waals surface area contributed by atoms with Gasteiger partial charge in [0.2, 0.25) is 0 Å². The predicted octanol–water partition coefficient (Wildman–Crippen LogP) is 1.78. The van der Waals surface area contributed by atoms with Crippen LogP contribution in [0, 0.1) is 5.92 Å². The first-order valence-electron chi connectivity index (χ1n) is 6.59. The minimum atomic E-state index is -1.03. The number of rotatable bonds is 3. The molecule has 2 atom stereocenters. The number of aliphatic carboxylic acids is 1. The number of amides is 1. The summed E-state index contributed by atoms with van der Waals surface area (Å²) >= 11 is 0. The molecule has 6 heteroatoms. The second-order valence-corrected chi connectivity index (χ2v) is 5.77. The molecule has 1 rings (SSSR count). The summed E-state index contributed by atoms with van der Waals surface area (Å²) in [5.41, 5.74) is -0.639. The van der Waals surface area contributed by atoms with Crippen molar-refractivity contribution in [2.24, 2.45) is 5.92 Å². The number of carbonyl (C=O) groups excluding carboxylic acids is 1. The molecular formula is C13H23NO5. The Labute approximate surface area is 113 Å². The Morgan fingerprint density at radius 3 is 2.58 bits per heavy atom. The van der Waals surface area contributed by atoms with Crippen molar-refractivity contribution < 1.29 is 24.2 Å². The van der Waals surface area contributed by atoms with Crippen LogP contribution in [0.3, 0.4) is 0 Å². The minimum Gasteiger partial charge on any atom is -0.480 e. The Balaban J connectivity index is 2.61. The minimum absolute atomic E-state index is 0.118. The first-order valence-corrected chi connectivity index (χ1v) is 6.59. The highest BCUT2D eigenvalue weighted by molar-refractivity contribution is 5.80. The molecule has 2 N–H and O–H groups in total. The molecule has 0 aliphatic carbocycles. The second kappa shape index (κ2) is 6.75. The summed E-state index contributed by atoms with van der Waals surface area (Å²) in [6.07, 6.45) is 1.48. The third-order valence-corrected chi connectivity index (χ3v) is 2.91. The number of carboxylic acids is 1. The molecule has 0 aromatic carbocycles. The fourth-order valence-corrected chi connectivity index (χ4v) is 2.08. The molecule has 0 spiro atoms. The largest absolute Gasteiger partial charge is 0.480 e. The zero-order valence-corrected chi connectivity index (χ0v) is 11.8. The van der Waals surface area contributed by atoms with Gasteiger partial charge in [-0.05, 0) is 46.0 Å². The number of hydrogen-bond acceptors (Lipinski definition) is 4. The van der Waals surface area contributed by atoms with Crippen LogP contribution >= 0.6 is 0 Å². The van der Waals surface area contributed by atoms with Gasteiger partial charge in [0, 0.05) is 13.2 Å². The molecular weight excluding hydrogens is 250 g/mol. The summed E-state index contributed by atoms with van der Waals surface area (Å²) in [6, 6.07) is -0.920.